The normalized spacial score (nSPS) is 13.0. The fraction of sp³-hybridized carbons (Fsp3) is 0.529. The Balaban J connectivity index is 1.84. The van der Waals surface area contributed by atoms with Gasteiger partial charge in [0.2, 0.25) is 5.91 Å². The summed E-state index contributed by atoms with van der Waals surface area (Å²) in [6.07, 6.45) is 2.98. The molecule has 146 valence electrons. The van der Waals surface area contributed by atoms with Gasteiger partial charge in [0.05, 0.1) is 31.4 Å². The molecule has 3 rings (SSSR count). The Morgan fingerprint density at radius 2 is 2.15 bits per heavy atom. The number of methoxy groups -OCH3 is 2. The van der Waals surface area contributed by atoms with Crippen LogP contribution in [0.3, 0.4) is 0 Å². The minimum atomic E-state index is -0.516. The maximum atomic E-state index is 13.1. The fourth-order valence-corrected chi connectivity index (χ4v) is 5.13. The molecule has 1 aliphatic rings. The lowest BCUT2D eigenvalue weighted by Gasteiger charge is -2.12. The Hall–Kier alpha value is -1.91. The summed E-state index contributed by atoms with van der Waals surface area (Å²) in [6, 6.07) is 0. The number of thioether (sulfide) groups is 1. The van der Waals surface area contributed by atoms with Crippen LogP contribution >= 0.6 is 23.1 Å². The van der Waals surface area contributed by atoms with Crippen molar-refractivity contribution < 1.29 is 19.1 Å². The van der Waals surface area contributed by atoms with E-state index in [1.165, 1.54) is 23.7 Å². The number of carbonyl (C=O) groups is 2. The van der Waals surface area contributed by atoms with Crippen LogP contribution in [0.4, 0.5) is 0 Å². The first-order valence-corrected chi connectivity index (χ1v) is 10.4. The Bertz CT molecular complexity index is 921. The minimum absolute atomic E-state index is 0.0486. The van der Waals surface area contributed by atoms with E-state index in [1.54, 1.807) is 23.0 Å². The van der Waals surface area contributed by atoms with Gasteiger partial charge in [0.25, 0.3) is 5.56 Å². The standard InChI is InChI=1S/C17H21N3O5S2/c1-24-7-6-20-16(23)14-10-4-3-5-11(10)27-15(14)19-17(20)26-9-12(21)18-8-13(22)25-2/h3-9H2,1-2H3,(H,18,21). The van der Waals surface area contributed by atoms with Gasteiger partial charge in [0, 0.05) is 12.0 Å². The van der Waals surface area contributed by atoms with Gasteiger partial charge in [-0.1, -0.05) is 11.8 Å². The molecule has 1 amide bonds. The molecule has 2 heterocycles. The third-order valence-corrected chi connectivity index (χ3v) is 6.46. The summed E-state index contributed by atoms with van der Waals surface area (Å²) >= 11 is 2.74. The number of thiophene rings is 1. The number of aromatic nitrogens is 2. The number of amides is 1. The summed E-state index contributed by atoms with van der Waals surface area (Å²) in [7, 11) is 2.83. The molecule has 1 aliphatic carbocycles. The van der Waals surface area contributed by atoms with Crippen LogP contribution < -0.4 is 10.9 Å². The average Bonchev–Trinajstić information content (AvgIpc) is 3.24. The number of nitrogens with zero attached hydrogens (tertiary/aromatic N) is 2. The van der Waals surface area contributed by atoms with Gasteiger partial charge in [-0.05, 0) is 24.8 Å². The summed E-state index contributed by atoms with van der Waals surface area (Å²) < 4.78 is 11.2. The summed E-state index contributed by atoms with van der Waals surface area (Å²) in [5.74, 6) is -0.794. The molecule has 0 fully saturated rings. The van der Waals surface area contributed by atoms with E-state index in [4.69, 9.17) is 4.74 Å². The van der Waals surface area contributed by atoms with E-state index in [1.807, 2.05) is 0 Å². The lowest BCUT2D eigenvalue weighted by Crippen LogP contribution is -2.32. The average molecular weight is 412 g/mol. The summed E-state index contributed by atoms with van der Waals surface area (Å²) in [4.78, 5) is 42.8. The fourth-order valence-electron chi connectivity index (χ4n) is 2.97. The number of nitrogens with one attached hydrogen (secondary N) is 1. The predicted molar refractivity (Wildman–Crippen MR) is 104 cm³/mol. The zero-order chi connectivity index (χ0) is 19.4. The van der Waals surface area contributed by atoms with E-state index in [0.717, 1.165) is 29.7 Å². The Morgan fingerprint density at radius 1 is 1.33 bits per heavy atom. The van der Waals surface area contributed by atoms with Crippen molar-refractivity contribution in [1.82, 2.24) is 14.9 Å². The summed E-state index contributed by atoms with van der Waals surface area (Å²) in [5.41, 5.74) is 1.06. The van der Waals surface area contributed by atoms with Gasteiger partial charge < -0.3 is 14.8 Å². The van der Waals surface area contributed by atoms with Crippen molar-refractivity contribution in [3.8, 4) is 0 Å². The third kappa shape index (κ3) is 4.33. The van der Waals surface area contributed by atoms with E-state index in [9.17, 15) is 14.4 Å². The zero-order valence-electron chi connectivity index (χ0n) is 15.2. The second-order valence-electron chi connectivity index (χ2n) is 6.02. The number of aryl methyl sites for hydroxylation is 2. The lowest BCUT2D eigenvalue weighted by molar-refractivity contribution is -0.140. The Morgan fingerprint density at radius 3 is 2.89 bits per heavy atom. The molecule has 0 atom stereocenters. The van der Waals surface area contributed by atoms with Crippen LogP contribution in [0.15, 0.2) is 9.95 Å². The first-order valence-electron chi connectivity index (χ1n) is 8.55. The van der Waals surface area contributed by atoms with Gasteiger partial charge in [-0.2, -0.15) is 0 Å². The molecular weight excluding hydrogens is 390 g/mol. The molecule has 0 bridgehead atoms. The molecule has 0 saturated heterocycles. The topological polar surface area (TPSA) is 99.5 Å². The first-order chi connectivity index (χ1) is 13.0. The Labute approximate surface area is 164 Å². The maximum absolute atomic E-state index is 13.1. The maximum Gasteiger partial charge on any atom is 0.325 e. The zero-order valence-corrected chi connectivity index (χ0v) is 16.8. The lowest BCUT2D eigenvalue weighted by atomic mass is 10.2. The van der Waals surface area contributed by atoms with Crippen molar-refractivity contribution in [2.24, 2.45) is 0 Å². The predicted octanol–water partition coefficient (Wildman–Crippen LogP) is 0.974. The number of hydrogen-bond acceptors (Lipinski definition) is 8. The minimum Gasteiger partial charge on any atom is -0.468 e. The van der Waals surface area contributed by atoms with Crippen molar-refractivity contribution in [3.63, 3.8) is 0 Å². The second-order valence-corrected chi connectivity index (χ2v) is 8.05. The number of ether oxygens (including phenoxy) is 2. The van der Waals surface area contributed by atoms with E-state index in [-0.39, 0.29) is 23.8 Å². The number of hydrogen-bond donors (Lipinski definition) is 1. The molecule has 2 aromatic rings. The van der Waals surface area contributed by atoms with Crippen molar-refractivity contribution in [2.45, 2.75) is 31.0 Å². The number of fused-ring (bicyclic) bond motifs is 3. The third-order valence-electron chi connectivity index (χ3n) is 4.30. The van der Waals surface area contributed by atoms with Crippen molar-refractivity contribution in [3.05, 3.63) is 20.8 Å². The smallest absolute Gasteiger partial charge is 0.325 e. The quantitative estimate of drug-likeness (QED) is 0.393. The summed E-state index contributed by atoms with van der Waals surface area (Å²) in [5, 5.41) is 3.67. The molecule has 0 radical (unpaired) electrons. The molecule has 0 spiro atoms. The highest BCUT2D eigenvalue weighted by atomic mass is 32.2. The molecule has 2 aromatic heterocycles. The molecule has 1 N–H and O–H groups in total. The van der Waals surface area contributed by atoms with Gasteiger partial charge >= 0.3 is 5.97 Å². The Kier molecular flexibility index (Phi) is 6.51. The SMILES string of the molecule is COCCn1c(SCC(=O)NCC(=O)OC)nc2sc3c(c2c1=O)CCC3. The van der Waals surface area contributed by atoms with Crippen LogP contribution in [0.1, 0.15) is 16.9 Å². The number of esters is 1. The first kappa shape index (κ1) is 19.8. The number of carbonyl (C=O) groups excluding carboxylic acids is 2. The van der Waals surface area contributed by atoms with Crippen LogP contribution in [0.2, 0.25) is 0 Å². The van der Waals surface area contributed by atoms with Gasteiger partial charge in [-0.25, -0.2) is 4.98 Å². The van der Waals surface area contributed by atoms with Crippen LogP contribution in [0, 0.1) is 0 Å². The van der Waals surface area contributed by atoms with Crippen molar-refractivity contribution >= 4 is 45.2 Å². The van der Waals surface area contributed by atoms with Gasteiger partial charge in [-0.3, -0.25) is 19.0 Å². The van der Waals surface area contributed by atoms with E-state index >= 15 is 0 Å². The van der Waals surface area contributed by atoms with Gasteiger partial charge in [-0.15, -0.1) is 11.3 Å². The monoisotopic (exact) mass is 411 g/mol. The molecule has 0 aliphatic heterocycles. The van der Waals surface area contributed by atoms with E-state index in [0.29, 0.717) is 23.7 Å². The molecular formula is C17H21N3O5S2. The van der Waals surface area contributed by atoms with Gasteiger partial charge in [0.15, 0.2) is 5.16 Å². The van der Waals surface area contributed by atoms with E-state index in [2.05, 4.69) is 15.0 Å². The van der Waals surface area contributed by atoms with Crippen molar-refractivity contribution in [1.29, 1.82) is 0 Å². The molecule has 10 heteroatoms. The van der Waals surface area contributed by atoms with Crippen LogP contribution in [-0.2, 0) is 38.4 Å². The largest absolute Gasteiger partial charge is 0.468 e. The molecule has 0 saturated carbocycles. The van der Waals surface area contributed by atoms with Crippen molar-refractivity contribution in [2.75, 3.05) is 33.1 Å². The number of rotatable bonds is 8. The second kappa shape index (κ2) is 8.85. The molecule has 8 nitrogen and oxygen atoms in total. The van der Waals surface area contributed by atoms with Crippen LogP contribution in [0.25, 0.3) is 10.2 Å². The molecule has 0 unspecified atom stereocenters. The van der Waals surface area contributed by atoms with E-state index < -0.39 is 5.97 Å². The molecule has 0 aromatic carbocycles. The van der Waals surface area contributed by atoms with Crippen LogP contribution in [-0.4, -0.2) is 54.6 Å². The highest BCUT2D eigenvalue weighted by molar-refractivity contribution is 7.99. The van der Waals surface area contributed by atoms with Crippen LogP contribution in [0.5, 0.6) is 0 Å². The summed E-state index contributed by atoms with van der Waals surface area (Å²) in [6.45, 7) is 0.563. The highest BCUT2D eigenvalue weighted by Crippen LogP contribution is 2.35. The van der Waals surface area contributed by atoms with Gasteiger partial charge in [0.1, 0.15) is 11.4 Å². The molecule has 27 heavy (non-hydrogen) atoms. The highest BCUT2D eigenvalue weighted by Gasteiger charge is 2.23.